The van der Waals surface area contributed by atoms with Crippen molar-refractivity contribution < 1.29 is 13.4 Å². The van der Waals surface area contributed by atoms with Gasteiger partial charge in [-0.15, -0.1) is 0 Å². The van der Waals surface area contributed by atoms with Gasteiger partial charge in [-0.05, 0) is 0 Å². The summed E-state index contributed by atoms with van der Waals surface area (Å²) in [5, 5.41) is 0. The molecule has 62 valence electrons. The van der Waals surface area contributed by atoms with E-state index in [2.05, 4.69) is 20.1 Å². The van der Waals surface area contributed by atoms with Gasteiger partial charge in [-0.3, -0.25) is 4.79 Å². The Morgan fingerprint density at radius 2 is 2.00 bits per heavy atom. The first-order chi connectivity index (χ1) is 5.24. The van der Waals surface area contributed by atoms with E-state index in [0.717, 1.165) is 0 Å². The summed E-state index contributed by atoms with van der Waals surface area (Å²) in [7, 11) is 0. The molecule has 1 rings (SSSR count). The minimum Gasteiger partial charge on any atom is -0.367 e. The predicted molar refractivity (Wildman–Crippen MR) is 41.2 cm³/mol. The van der Waals surface area contributed by atoms with Crippen molar-refractivity contribution in [1.29, 1.82) is 0 Å². The van der Waals surface area contributed by atoms with Crippen molar-refractivity contribution in [3.63, 3.8) is 0 Å². The van der Waals surface area contributed by atoms with Crippen LogP contribution >= 0.6 is 16.3 Å². The molecule has 0 atom stereocenters. The quantitative estimate of drug-likeness (QED) is 0.616. The molecule has 1 aliphatic heterocycles. The maximum atomic E-state index is 10.8. The van der Waals surface area contributed by atoms with Gasteiger partial charge in [0.25, 0.3) is 0 Å². The third-order valence-corrected chi connectivity index (χ3v) is 1.92. The van der Waals surface area contributed by atoms with Crippen molar-refractivity contribution in [2.75, 3.05) is 13.1 Å². The Labute approximate surface area is 72.9 Å². The number of hydrogen-bond acceptors (Lipinski definition) is 3. The van der Waals surface area contributed by atoms with Gasteiger partial charge < -0.3 is 8.73 Å². The lowest BCUT2D eigenvalue weighted by molar-refractivity contribution is -0.120. The van der Waals surface area contributed by atoms with Crippen molar-refractivity contribution >= 4 is 28.1 Å². The van der Waals surface area contributed by atoms with E-state index in [1.54, 1.807) is 0 Å². The highest BCUT2D eigenvalue weighted by molar-refractivity contribution is 9.06. The van der Waals surface area contributed by atoms with Crippen LogP contribution in [0.4, 0.5) is 4.79 Å². The number of Topliss-reactive ketones (excluding diaryl/α,β-unsaturated/α-hetero) is 1. The van der Waals surface area contributed by atoms with Gasteiger partial charge in [-0.1, -0.05) is 0 Å². The number of carbonyl (C=O) groups is 2. The smallest absolute Gasteiger partial charge is 0.367 e. The Morgan fingerprint density at radius 1 is 1.45 bits per heavy atom. The molecule has 0 N–H and O–H groups in total. The van der Waals surface area contributed by atoms with Crippen molar-refractivity contribution in [1.82, 2.24) is 4.90 Å². The van der Waals surface area contributed by atoms with Gasteiger partial charge in [0.15, 0.2) is 16.3 Å². The van der Waals surface area contributed by atoms with Gasteiger partial charge in [0, 0.05) is 25.9 Å². The molecule has 0 radical (unpaired) electrons. The number of halogens is 1. The Kier molecular flexibility index (Phi) is 2.87. The van der Waals surface area contributed by atoms with Crippen molar-refractivity contribution in [3.8, 4) is 0 Å². The third-order valence-electron chi connectivity index (χ3n) is 1.65. The lowest BCUT2D eigenvalue weighted by atomic mass is 10.1. The number of piperidine rings is 1. The molecule has 1 saturated heterocycles. The van der Waals surface area contributed by atoms with Gasteiger partial charge in [-0.2, -0.15) is 0 Å². The molecule has 0 saturated carbocycles. The van der Waals surface area contributed by atoms with Crippen LogP contribution < -0.4 is 0 Å². The van der Waals surface area contributed by atoms with Crippen molar-refractivity contribution in [3.05, 3.63) is 0 Å². The fourth-order valence-electron chi connectivity index (χ4n) is 0.987. The maximum Gasteiger partial charge on any atom is 0.421 e. The molecule has 1 amide bonds. The number of likely N-dealkylation sites (tertiary alicyclic amines) is 1. The van der Waals surface area contributed by atoms with Crippen LogP contribution in [0.3, 0.4) is 0 Å². The fraction of sp³-hybridized carbons (Fsp3) is 0.667. The normalized spacial score (nSPS) is 18.3. The van der Waals surface area contributed by atoms with Crippen molar-refractivity contribution in [2.24, 2.45) is 0 Å². The summed E-state index contributed by atoms with van der Waals surface area (Å²) in [5.74, 6) is 0.212. The number of nitrogens with zero attached hydrogens (tertiary/aromatic N) is 1. The molecule has 1 fully saturated rings. The molecule has 0 bridgehead atoms. The van der Waals surface area contributed by atoms with Crippen LogP contribution in [0.5, 0.6) is 0 Å². The van der Waals surface area contributed by atoms with Crippen molar-refractivity contribution in [2.45, 2.75) is 12.8 Å². The van der Waals surface area contributed by atoms with Gasteiger partial charge in [0.1, 0.15) is 5.78 Å². The summed E-state index contributed by atoms with van der Waals surface area (Å²) in [4.78, 5) is 23.0. The Balaban J connectivity index is 2.39. The van der Waals surface area contributed by atoms with Gasteiger partial charge in [0.05, 0.1) is 0 Å². The number of rotatable bonds is 0. The number of amides is 1. The third kappa shape index (κ3) is 2.18. The van der Waals surface area contributed by atoms with Crippen LogP contribution in [0.25, 0.3) is 0 Å². The zero-order valence-corrected chi connectivity index (χ0v) is 7.46. The standard InChI is InChI=1S/C6H8BrNO3/c7-11-6(10)8-3-1-5(9)2-4-8/h1-4H2. The molecule has 11 heavy (non-hydrogen) atoms. The Hall–Kier alpha value is -0.580. The minimum absolute atomic E-state index is 0.212. The molecular formula is C6H8BrNO3. The van der Waals surface area contributed by atoms with Crippen LogP contribution in [0, 0.1) is 0 Å². The molecule has 5 heteroatoms. The van der Waals surface area contributed by atoms with Crippen LogP contribution in [-0.2, 0) is 8.62 Å². The van der Waals surface area contributed by atoms with Gasteiger partial charge in [0.2, 0.25) is 0 Å². The highest BCUT2D eigenvalue weighted by atomic mass is 79.9. The van der Waals surface area contributed by atoms with Gasteiger partial charge >= 0.3 is 6.09 Å². The molecule has 1 heterocycles. The molecule has 0 aliphatic carbocycles. The Bertz CT molecular complexity index is 173. The topological polar surface area (TPSA) is 46.6 Å². The summed E-state index contributed by atoms with van der Waals surface area (Å²) in [6.45, 7) is 0.951. The highest BCUT2D eigenvalue weighted by Crippen LogP contribution is 2.07. The van der Waals surface area contributed by atoms with E-state index in [9.17, 15) is 9.59 Å². The van der Waals surface area contributed by atoms with E-state index in [-0.39, 0.29) is 5.78 Å². The fourth-order valence-corrected chi connectivity index (χ4v) is 1.19. The van der Waals surface area contributed by atoms with Crippen LogP contribution in [0.2, 0.25) is 0 Å². The first kappa shape index (κ1) is 8.52. The highest BCUT2D eigenvalue weighted by Gasteiger charge is 2.21. The number of hydrogen-bond donors (Lipinski definition) is 0. The largest absolute Gasteiger partial charge is 0.421 e. The summed E-state index contributed by atoms with van der Waals surface area (Å²) < 4.78 is 4.31. The lowest BCUT2D eigenvalue weighted by Crippen LogP contribution is -2.37. The van der Waals surface area contributed by atoms with Crippen LogP contribution in [-0.4, -0.2) is 29.9 Å². The molecule has 0 aromatic rings. The molecule has 1 aliphatic rings. The maximum absolute atomic E-state index is 10.8. The molecular weight excluding hydrogens is 214 g/mol. The molecule has 0 spiro atoms. The second kappa shape index (κ2) is 3.71. The summed E-state index contributed by atoms with van der Waals surface area (Å²) in [5.41, 5.74) is 0. The number of ketones is 1. The average molecular weight is 222 g/mol. The van der Waals surface area contributed by atoms with Gasteiger partial charge in [-0.25, -0.2) is 4.79 Å². The first-order valence-electron chi connectivity index (χ1n) is 3.33. The zero-order chi connectivity index (χ0) is 8.27. The van der Waals surface area contributed by atoms with Crippen LogP contribution in [0.15, 0.2) is 0 Å². The molecule has 0 aromatic heterocycles. The summed E-state index contributed by atoms with van der Waals surface area (Å²) >= 11 is 2.59. The van der Waals surface area contributed by atoms with E-state index in [4.69, 9.17) is 0 Å². The van der Waals surface area contributed by atoms with E-state index in [1.165, 1.54) is 4.90 Å². The molecule has 0 unspecified atom stereocenters. The summed E-state index contributed by atoms with van der Waals surface area (Å²) in [6, 6.07) is 0. The minimum atomic E-state index is -0.419. The van der Waals surface area contributed by atoms with E-state index >= 15 is 0 Å². The average Bonchev–Trinajstić information content (AvgIpc) is 2.05. The predicted octanol–water partition coefficient (Wildman–Crippen LogP) is 1.10. The van der Waals surface area contributed by atoms with E-state index < -0.39 is 6.09 Å². The summed E-state index contributed by atoms with van der Waals surface area (Å²) in [6.07, 6.45) is 0.474. The monoisotopic (exact) mass is 221 g/mol. The first-order valence-corrected chi connectivity index (χ1v) is 3.98. The molecule has 0 aromatic carbocycles. The van der Waals surface area contributed by atoms with Crippen LogP contribution in [0.1, 0.15) is 12.8 Å². The lowest BCUT2D eigenvalue weighted by Gasteiger charge is -2.23. The number of carbonyl (C=O) groups excluding carboxylic acids is 2. The zero-order valence-electron chi connectivity index (χ0n) is 5.88. The Morgan fingerprint density at radius 3 is 2.45 bits per heavy atom. The molecule has 4 nitrogen and oxygen atoms in total. The second-order valence-corrected chi connectivity index (χ2v) is 2.69. The SMILES string of the molecule is O=C1CCN(C(=O)OBr)CC1. The van der Waals surface area contributed by atoms with E-state index in [1.807, 2.05) is 0 Å². The second-order valence-electron chi connectivity index (χ2n) is 2.37. The van der Waals surface area contributed by atoms with E-state index in [0.29, 0.717) is 25.9 Å².